The summed E-state index contributed by atoms with van der Waals surface area (Å²) in [5, 5.41) is 8.86. The zero-order valence-electron chi connectivity index (χ0n) is 13.8. The van der Waals surface area contributed by atoms with Crippen LogP contribution in [0, 0.1) is 0 Å². The number of methoxy groups -OCH3 is 3. The maximum absolute atomic E-state index is 5.57. The van der Waals surface area contributed by atoms with Gasteiger partial charge in [-0.25, -0.2) is 4.98 Å². The molecule has 2 N–H and O–H groups in total. The fraction of sp³-hybridized carbons (Fsp3) is 0.471. The number of benzene rings is 1. The second kappa shape index (κ2) is 6.91. The Morgan fingerprint density at radius 3 is 2.43 bits per heavy atom. The molecule has 1 fully saturated rings. The van der Waals surface area contributed by atoms with Gasteiger partial charge in [0.05, 0.1) is 21.3 Å². The Kier molecular flexibility index (Phi) is 4.71. The molecule has 6 nitrogen and oxygen atoms in total. The van der Waals surface area contributed by atoms with Crippen molar-refractivity contribution in [2.75, 3.05) is 39.7 Å². The van der Waals surface area contributed by atoms with E-state index in [1.807, 2.05) is 12.1 Å². The molecule has 0 spiro atoms. The van der Waals surface area contributed by atoms with Crippen molar-refractivity contribution in [2.24, 2.45) is 0 Å². The van der Waals surface area contributed by atoms with Crippen LogP contribution >= 0.6 is 0 Å². The monoisotopic (exact) mass is 317 g/mol. The van der Waals surface area contributed by atoms with Gasteiger partial charge in [0.15, 0.2) is 11.5 Å². The Balaban J connectivity index is 2.08. The molecule has 1 aromatic carbocycles. The number of pyridine rings is 1. The zero-order valence-corrected chi connectivity index (χ0v) is 13.8. The topological polar surface area (TPSA) is 64.6 Å². The normalized spacial score (nSPS) is 15.4. The highest BCUT2D eigenvalue weighted by Crippen LogP contribution is 2.44. The molecule has 1 saturated heterocycles. The van der Waals surface area contributed by atoms with E-state index >= 15 is 0 Å². The van der Waals surface area contributed by atoms with Crippen LogP contribution in [0.5, 0.6) is 17.2 Å². The Hall–Kier alpha value is -2.21. The third kappa shape index (κ3) is 2.99. The molecule has 2 aromatic rings. The van der Waals surface area contributed by atoms with Gasteiger partial charge in [0.2, 0.25) is 5.75 Å². The van der Waals surface area contributed by atoms with Crippen molar-refractivity contribution in [3.63, 3.8) is 0 Å². The van der Waals surface area contributed by atoms with E-state index in [9.17, 15) is 0 Å². The van der Waals surface area contributed by atoms with Crippen LogP contribution in [0.3, 0.4) is 0 Å². The fourth-order valence-corrected chi connectivity index (χ4v) is 3.07. The first kappa shape index (κ1) is 15.7. The molecule has 0 aliphatic carbocycles. The maximum atomic E-state index is 5.57. The molecule has 0 bridgehead atoms. The minimum absolute atomic E-state index is 0.424. The first-order valence-electron chi connectivity index (χ1n) is 7.83. The molecule has 1 aromatic heterocycles. The van der Waals surface area contributed by atoms with Crippen LogP contribution in [0.4, 0.5) is 5.82 Å². The summed E-state index contributed by atoms with van der Waals surface area (Å²) in [7, 11) is 4.87. The van der Waals surface area contributed by atoms with Gasteiger partial charge >= 0.3 is 0 Å². The third-order valence-electron chi connectivity index (χ3n) is 4.25. The number of anilines is 1. The smallest absolute Gasteiger partial charge is 0.203 e. The molecule has 6 heteroatoms. The lowest BCUT2D eigenvalue weighted by atomic mass is 10.1. The lowest BCUT2D eigenvalue weighted by Crippen LogP contribution is -2.35. The molecule has 23 heavy (non-hydrogen) atoms. The molecule has 0 unspecified atom stereocenters. The third-order valence-corrected chi connectivity index (χ3v) is 4.25. The molecule has 0 radical (unpaired) electrons. The van der Waals surface area contributed by atoms with E-state index < -0.39 is 0 Å². The highest BCUT2D eigenvalue weighted by atomic mass is 16.5. The van der Waals surface area contributed by atoms with Crippen molar-refractivity contribution in [2.45, 2.75) is 18.9 Å². The van der Waals surface area contributed by atoms with Crippen molar-refractivity contribution in [1.29, 1.82) is 0 Å². The van der Waals surface area contributed by atoms with Crippen molar-refractivity contribution in [1.82, 2.24) is 10.3 Å². The number of fused-ring (bicyclic) bond motifs is 1. The number of hydrogen-bond donors (Lipinski definition) is 2. The average Bonchev–Trinajstić information content (AvgIpc) is 2.61. The number of aromatic nitrogens is 1. The summed E-state index contributed by atoms with van der Waals surface area (Å²) < 4.78 is 16.5. The second-order valence-electron chi connectivity index (χ2n) is 5.57. The van der Waals surface area contributed by atoms with Crippen LogP contribution in [0.1, 0.15) is 12.8 Å². The van der Waals surface area contributed by atoms with Crippen LogP contribution in [0.2, 0.25) is 0 Å². The molecule has 2 heterocycles. The van der Waals surface area contributed by atoms with Crippen molar-refractivity contribution >= 4 is 16.6 Å². The summed E-state index contributed by atoms with van der Waals surface area (Å²) >= 11 is 0. The van der Waals surface area contributed by atoms with Crippen LogP contribution in [0.25, 0.3) is 10.8 Å². The lowest BCUT2D eigenvalue weighted by molar-refractivity contribution is 0.327. The van der Waals surface area contributed by atoms with Crippen molar-refractivity contribution in [3.05, 3.63) is 18.3 Å². The standard InChI is InChI=1S/C17H23N3O3/c1-21-14-10-13-12(15(22-2)16(14)23-3)6-9-19-17(13)20-11-4-7-18-8-5-11/h6,9-11,18H,4-5,7-8H2,1-3H3,(H,19,20). The lowest BCUT2D eigenvalue weighted by Gasteiger charge is -2.25. The van der Waals surface area contributed by atoms with E-state index in [0.717, 1.165) is 42.5 Å². The van der Waals surface area contributed by atoms with Gasteiger partial charge in [-0.3, -0.25) is 0 Å². The first-order chi connectivity index (χ1) is 11.3. The van der Waals surface area contributed by atoms with Crippen LogP contribution < -0.4 is 24.8 Å². The zero-order chi connectivity index (χ0) is 16.2. The van der Waals surface area contributed by atoms with Crippen LogP contribution in [-0.4, -0.2) is 45.4 Å². The van der Waals surface area contributed by atoms with Crippen molar-refractivity contribution < 1.29 is 14.2 Å². The largest absolute Gasteiger partial charge is 0.493 e. The van der Waals surface area contributed by atoms with Gasteiger partial charge in [0, 0.05) is 23.0 Å². The van der Waals surface area contributed by atoms with Crippen LogP contribution in [-0.2, 0) is 0 Å². The SMILES string of the molecule is COc1cc2c(NC3CCNCC3)nccc2c(OC)c1OC. The summed E-state index contributed by atoms with van der Waals surface area (Å²) in [5.41, 5.74) is 0. The Morgan fingerprint density at radius 1 is 1.04 bits per heavy atom. The number of piperidine rings is 1. The molecule has 124 valence electrons. The highest BCUT2D eigenvalue weighted by Gasteiger charge is 2.20. The molecule has 0 atom stereocenters. The summed E-state index contributed by atoms with van der Waals surface area (Å²) in [6.45, 7) is 2.06. The van der Waals surface area contributed by atoms with Gasteiger partial charge in [0.1, 0.15) is 5.82 Å². The minimum atomic E-state index is 0.424. The first-order valence-corrected chi connectivity index (χ1v) is 7.83. The minimum Gasteiger partial charge on any atom is -0.493 e. The van der Waals surface area contributed by atoms with Gasteiger partial charge in [-0.1, -0.05) is 0 Å². The number of nitrogens with zero attached hydrogens (tertiary/aromatic N) is 1. The molecule has 1 aliphatic heterocycles. The highest BCUT2D eigenvalue weighted by molar-refractivity contribution is 5.99. The average molecular weight is 317 g/mol. The predicted octanol–water partition coefficient (Wildman–Crippen LogP) is 2.42. The molecular weight excluding hydrogens is 294 g/mol. The Bertz CT molecular complexity index is 684. The van der Waals surface area contributed by atoms with Gasteiger partial charge in [0.25, 0.3) is 0 Å². The molecule has 0 saturated carbocycles. The maximum Gasteiger partial charge on any atom is 0.203 e. The second-order valence-corrected chi connectivity index (χ2v) is 5.57. The number of nitrogens with one attached hydrogen (secondary N) is 2. The van der Waals surface area contributed by atoms with E-state index in [-0.39, 0.29) is 0 Å². The molecule has 1 aliphatic rings. The van der Waals surface area contributed by atoms with Gasteiger partial charge in [-0.2, -0.15) is 0 Å². The summed E-state index contributed by atoms with van der Waals surface area (Å²) in [4.78, 5) is 4.52. The van der Waals surface area contributed by atoms with E-state index in [1.54, 1.807) is 27.5 Å². The van der Waals surface area contributed by atoms with Gasteiger partial charge in [-0.15, -0.1) is 0 Å². The number of ether oxygens (including phenoxy) is 3. The summed E-state index contributed by atoms with van der Waals surface area (Å²) in [6.07, 6.45) is 3.96. The molecular formula is C17H23N3O3. The van der Waals surface area contributed by atoms with E-state index in [4.69, 9.17) is 14.2 Å². The Labute approximate surface area is 136 Å². The van der Waals surface area contributed by atoms with E-state index in [2.05, 4.69) is 15.6 Å². The van der Waals surface area contributed by atoms with Gasteiger partial charge < -0.3 is 24.8 Å². The molecule has 3 rings (SSSR count). The van der Waals surface area contributed by atoms with E-state index in [0.29, 0.717) is 23.3 Å². The Morgan fingerprint density at radius 2 is 1.78 bits per heavy atom. The van der Waals surface area contributed by atoms with Crippen LogP contribution in [0.15, 0.2) is 18.3 Å². The number of rotatable bonds is 5. The predicted molar refractivity (Wildman–Crippen MR) is 90.9 cm³/mol. The summed E-state index contributed by atoms with van der Waals surface area (Å²) in [5.74, 6) is 2.76. The molecule has 0 amide bonds. The quantitative estimate of drug-likeness (QED) is 0.883. The summed E-state index contributed by atoms with van der Waals surface area (Å²) in [6, 6.07) is 4.31. The van der Waals surface area contributed by atoms with Crippen molar-refractivity contribution in [3.8, 4) is 17.2 Å². The number of hydrogen-bond acceptors (Lipinski definition) is 6. The fourth-order valence-electron chi connectivity index (χ4n) is 3.07. The van der Waals surface area contributed by atoms with Gasteiger partial charge in [-0.05, 0) is 38.1 Å². The van der Waals surface area contributed by atoms with E-state index in [1.165, 1.54) is 0 Å².